The van der Waals surface area contributed by atoms with Gasteiger partial charge in [0.2, 0.25) is 0 Å². The molecule has 59 valence electrons. The second kappa shape index (κ2) is 2.75. The third-order valence-electron chi connectivity index (χ3n) is 1.20. The molecule has 0 saturated carbocycles. The van der Waals surface area contributed by atoms with Crippen molar-refractivity contribution < 1.29 is 17.9 Å². The lowest BCUT2D eigenvalue weighted by atomic mass is 10.3. The number of alkyl halides is 3. The van der Waals surface area contributed by atoms with Gasteiger partial charge < -0.3 is 4.74 Å². The van der Waals surface area contributed by atoms with Crippen LogP contribution in [0.5, 0.6) is 0 Å². The lowest BCUT2D eigenvalue weighted by Crippen LogP contribution is -2.48. The highest BCUT2D eigenvalue weighted by atomic mass is 19.4. The maximum absolute atomic E-state index is 11.8. The summed E-state index contributed by atoms with van der Waals surface area (Å²) in [5.41, 5.74) is 0. The van der Waals surface area contributed by atoms with E-state index >= 15 is 0 Å². The molecule has 5 heteroatoms. The molecule has 1 radical (unpaired) electrons. The summed E-state index contributed by atoms with van der Waals surface area (Å²) in [4.78, 5) is 0. The molecule has 1 unspecified atom stereocenters. The summed E-state index contributed by atoms with van der Waals surface area (Å²) in [5.74, 6) is 0. The Morgan fingerprint density at radius 2 is 2.20 bits per heavy atom. The molecule has 0 aromatic heterocycles. The molecule has 1 fully saturated rings. The molecular weight excluding hydrogens is 147 g/mol. The highest BCUT2D eigenvalue weighted by Crippen LogP contribution is 2.21. The minimum atomic E-state index is -4.20. The average Bonchev–Trinajstić information content (AvgIpc) is 1.88. The first-order chi connectivity index (χ1) is 4.61. The van der Waals surface area contributed by atoms with Crippen LogP contribution in [0.4, 0.5) is 13.2 Å². The second-order valence-corrected chi connectivity index (χ2v) is 2.00. The maximum Gasteiger partial charge on any atom is 0.406 e. The summed E-state index contributed by atoms with van der Waals surface area (Å²) in [6.45, 7) is 1.22. The van der Waals surface area contributed by atoms with E-state index in [-0.39, 0.29) is 13.2 Å². The normalized spacial score (nSPS) is 28.5. The molecule has 0 aromatic rings. The van der Waals surface area contributed by atoms with Gasteiger partial charge in [-0.1, -0.05) is 0 Å². The van der Waals surface area contributed by atoms with Crippen LogP contribution in [0.15, 0.2) is 0 Å². The Labute approximate surface area is 56.4 Å². The van der Waals surface area contributed by atoms with Crippen molar-refractivity contribution >= 4 is 0 Å². The molecule has 0 amide bonds. The number of ether oxygens (including phenoxy) is 1. The van der Waals surface area contributed by atoms with Gasteiger partial charge in [-0.25, -0.2) is 0 Å². The van der Waals surface area contributed by atoms with Crippen molar-refractivity contribution in [2.24, 2.45) is 0 Å². The van der Waals surface area contributed by atoms with Crippen LogP contribution in [0.3, 0.4) is 0 Å². The van der Waals surface area contributed by atoms with Gasteiger partial charge in [-0.2, -0.15) is 13.2 Å². The van der Waals surface area contributed by atoms with E-state index in [0.717, 1.165) is 0 Å². The molecule has 1 saturated heterocycles. The largest absolute Gasteiger partial charge is 0.406 e. The standard InChI is InChI=1S/C5H7F3NO/c6-5(7,8)4-3-10-2-1-9-4/h1,4,9H,2-3H2. The predicted molar refractivity (Wildman–Crippen MR) is 28.1 cm³/mol. The number of hydrogen-bond acceptors (Lipinski definition) is 2. The van der Waals surface area contributed by atoms with Gasteiger partial charge in [0.05, 0.1) is 13.2 Å². The monoisotopic (exact) mass is 154 g/mol. The van der Waals surface area contributed by atoms with Gasteiger partial charge in [-0.15, -0.1) is 0 Å². The molecule has 1 heterocycles. The molecule has 0 spiro atoms. The molecule has 2 nitrogen and oxygen atoms in total. The van der Waals surface area contributed by atoms with Crippen molar-refractivity contribution in [2.45, 2.75) is 12.2 Å². The Balaban J connectivity index is 2.39. The molecule has 1 aliphatic rings. The van der Waals surface area contributed by atoms with Gasteiger partial charge in [-0.05, 0) is 0 Å². The molecule has 1 atom stereocenters. The molecule has 0 bridgehead atoms. The van der Waals surface area contributed by atoms with E-state index in [1.165, 1.54) is 6.54 Å². The first-order valence-electron chi connectivity index (χ1n) is 2.83. The lowest BCUT2D eigenvalue weighted by Gasteiger charge is -2.25. The van der Waals surface area contributed by atoms with Crippen molar-refractivity contribution in [3.05, 3.63) is 6.54 Å². The zero-order valence-electron chi connectivity index (χ0n) is 5.11. The van der Waals surface area contributed by atoms with Gasteiger partial charge in [0.15, 0.2) is 0 Å². The summed E-state index contributed by atoms with van der Waals surface area (Å²) in [5, 5.41) is 2.18. The predicted octanol–water partition coefficient (Wildman–Crippen LogP) is 0.699. The van der Waals surface area contributed by atoms with E-state index in [0.29, 0.717) is 0 Å². The number of nitrogens with one attached hydrogen (secondary N) is 1. The SMILES string of the molecule is FC(F)(F)C1COC[CH]N1. The van der Waals surface area contributed by atoms with Gasteiger partial charge in [0.1, 0.15) is 6.04 Å². The third-order valence-corrected chi connectivity index (χ3v) is 1.20. The van der Waals surface area contributed by atoms with E-state index in [9.17, 15) is 13.2 Å². The van der Waals surface area contributed by atoms with Crippen LogP contribution < -0.4 is 5.32 Å². The summed E-state index contributed by atoms with van der Waals surface area (Å²) in [6.07, 6.45) is -4.20. The van der Waals surface area contributed by atoms with Crippen molar-refractivity contribution in [2.75, 3.05) is 13.2 Å². The molecule has 1 N–H and O–H groups in total. The quantitative estimate of drug-likeness (QED) is 0.554. The molecular formula is C5H7F3NO. The summed E-state index contributed by atoms with van der Waals surface area (Å²) < 4.78 is 39.9. The minimum absolute atomic E-state index is 0.243. The summed E-state index contributed by atoms with van der Waals surface area (Å²) >= 11 is 0. The molecule has 1 rings (SSSR count). The Kier molecular flexibility index (Phi) is 2.15. The number of hydrogen-bond donors (Lipinski definition) is 1. The van der Waals surface area contributed by atoms with Crippen molar-refractivity contribution in [3.63, 3.8) is 0 Å². The van der Waals surface area contributed by atoms with Crippen LogP contribution in [0.1, 0.15) is 0 Å². The first kappa shape index (κ1) is 7.81. The van der Waals surface area contributed by atoms with Gasteiger partial charge in [-0.3, -0.25) is 5.32 Å². The van der Waals surface area contributed by atoms with Crippen LogP contribution in [0, 0.1) is 6.54 Å². The molecule has 1 aliphatic heterocycles. The van der Waals surface area contributed by atoms with Crippen molar-refractivity contribution in [3.8, 4) is 0 Å². The van der Waals surface area contributed by atoms with Crippen LogP contribution in [0.25, 0.3) is 0 Å². The average molecular weight is 154 g/mol. The maximum atomic E-state index is 11.8. The highest BCUT2D eigenvalue weighted by molar-refractivity contribution is 4.82. The van der Waals surface area contributed by atoms with Crippen LogP contribution in [-0.2, 0) is 4.74 Å². The fourth-order valence-corrected chi connectivity index (χ4v) is 0.672. The Hall–Kier alpha value is -0.290. The lowest BCUT2D eigenvalue weighted by molar-refractivity contribution is -0.172. The highest BCUT2D eigenvalue weighted by Gasteiger charge is 2.40. The molecule has 10 heavy (non-hydrogen) atoms. The van der Waals surface area contributed by atoms with E-state index < -0.39 is 12.2 Å². The zero-order chi connectivity index (χ0) is 7.61. The van der Waals surface area contributed by atoms with Gasteiger partial charge >= 0.3 is 6.18 Å². The van der Waals surface area contributed by atoms with E-state index in [2.05, 4.69) is 10.1 Å². The topological polar surface area (TPSA) is 21.3 Å². The molecule has 0 aromatic carbocycles. The smallest absolute Gasteiger partial charge is 0.378 e. The number of halogens is 3. The van der Waals surface area contributed by atoms with E-state index in [4.69, 9.17) is 0 Å². The first-order valence-corrected chi connectivity index (χ1v) is 2.83. The third kappa shape index (κ3) is 1.85. The van der Waals surface area contributed by atoms with Gasteiger partial charge in [0.25, 0.3) is 0 Å². The molecule has 0 aliphatic carbocycles. The van der Waals surface area contributed by atoms with E-state index in [1.807, 2.05) is 0 Å². The Morgan fingerprint density at radius 3 is 2.50 bits per heavy atom. The summed E-state index contributed by atoms with van der Waals surface area (Å²) in [6, 6.07) is -1.53. The Morgan fingerprint density at radius 1 is 1.50 bits per heavy atom. The van der Waals surface area contributed by atoms with Crippen LogP contribution in [-0.4, -0.2) is 25.4 Å². The fourth-order valence-electron chi connectivity index (χ4n) is 0.672. The van der Waals surface area contributed by atoms with Crippen molar-refractivity contribution in [1.29, 1.82) is 0 Å². The Bertz CT molecular complexity index is 108. The minimum Gasteiger partial charge on any atom is -0.378 e. The zero-order valence-corrected chi connectivity index (χ0v) is 5.11. The van der Waals surface area contributed by atoms with Crippen molar-refractivity contribution in [1.82, 2.24) is 5.32 Å². The fraction of sp³-hybridized carbons (Fsp3) is 0.800. The summed E-state index contributed by atoms with van der Waals surface area (Å²) in [7, 11) is 0. The van der Waals surface area contributed by atoms with Gasteiger partial charge in [0, 0.05) is 6.54 Å². The second-order valence-electron chi connectivity index (χ2n) is 2.00. The van der Waals surface area contributed by atoms with Crippen LogP contribution in [0.2, 0.25) is 0 Å². The number of rotatable bonds is 0. The number of morpholine rings is 1. The van der Waals surface area contributed by atoms with E-state index in [1.54, 1.807) is 0 Å². The van der Waals surface area contributed by atoms with Crippen LogP contribution >= 0.6 is 0 Å².